The van der Waals surface area contributed by atoms with Crippen LogP contribution in [0.2, 0.25) is 5.02 Å². The van der Waals surface area contributed by atoms with E-state index in [2.05, 4.69) is 20.3 Å². The minimum absolute atomic E-state index is 0.101. The Balaban J connectivity index is 1.57. The second kappa shape index (κ2) is 12.6. The van der Waals surface area contributed by atoms with Gasteiger partial charge in [-0.05, 0) is 65.4 Å². The van der Waals surface area contributed by atoms with Crippen molar-refractivity contribution in [2.75, 3.05) is 6.54 Å². The molecule has 4 amide bonds. The average Bonchev–Trinajstić information content (AvgIpc) is 3.35. The quantitative estimate of drug-likeness (QED) is 0.431. The molecule has 1 saturated heterocycles. The first-order chi connectivity index (χ1) is 19.7. The third-order valence-electron chi connectivity index (χ3n) is 7.58. The summed E-state index contributed by atoms with van der Waals surface area (Å²) >= 11 is 6.04. The van der Waals surface area contributed by atoms with Crippen LogP contribution in [0.1, 0.15) is 72.1 Å². The molecule has 1 aromatic heterocycles. The van der Waals surface area contributed by atoms with E-state index in [-0.39, 0.29) is 16.3 Å². The predicted molar refractivity (Wildman–Crippen MR) is 154 cm³/mol. The maximum atomic E-state index is 13.7. The fourth-order valence-electron chi connectivity index (χ4n) is 5.37. The van der Waals surface area contributed by atoms with Gasteiger partial charge in [-0.25, -0.2) is 17.9 Å². The van der Waals surface area contributed by atoms with Crippen LogP contribution in [0.5, 0.6) is 0 Å². The number of sulfonamides is 1. The Morgan fingerprint density at radius 3 is 2.64 bits per heavy atom. The van der Waals surface area contributed by atoms with E-state index in [1.165, 1.54) is 17.2 Å². The Labute approximate surface area is 251 Å². The van der Waals surface area contributed by atoms with Crippen molar-refractivity contribution >= 4 is 45.4 Å². The molecule has 1 saturated carbocycles. The minimum atomic E-state index is -4.38. The summed E-state index contributed by atoms with van der Waals surface area (Å²) in [6.07, 6.45) is 9.86. The molecule has 42 heavy (non-hydrogen) atoms. The van der Waals surface area contributed by atoms with E-state index in [1.807, 2.05) is 12.2 Å². The number of nitrogens with one attached hydrogen (secondary N) is 3. The fourth-order valence-corrected chi connectivity index (χ4v) is 6.84. The minimum Gasteiger partial charge on any atom is -0.444 e. The summed E-state index contributed by atoms with van der Waals surface area (Å²) < 4.78 is 33.4. The van der Waals surface area contributed by atoms with E-state index >= 15 is 0 Å². The molecule has 12 nitrogen and oxygen atoms in total. The van der Waals surface area contributed by atoms with Crippen LogP contribution in [0, 0.1) is 5.92 Å². The fraction of sp³-hybridized carbons (Fsp3) is 0.607. The van der Waals surface area contributed by atoms with Crippen molar-refractivity contribution in [3.8, 4) is 0 Å². The Morgan fingerprint density at radius 2 is 1.93 bits per heavy atom. The van der Waals surface area contributed by atoms with Crippen molar-refractivity contribution in [3.63, 3.8) is 0 Å². The first-order valence-electron chi connectivity index (χ1n) is 14.2. The van der Waals surface area contributed by atoms with Gasteiger partial charge in [0, 0.05) is 24.9 Å². The summed E-state index contributed by atoms with van der Waals surface area (Å²) in [5, 5.41) is 5.37. The second-order valence-corrected chi connectivity index (χ2v) is 14.0. The van der Waals surface area contributed by atoms with E-state index < -0.39 is 63.0 Å². The van der Waals surface area contributed by atoms with Crippen molar-refractivity contribution in [3.05, 3.63) is 35.6 Å². The molecule has 2 fully saturated rings. The second-order valence-electron chi connectivity index (χ2n) is 12.0. The van der Waals surface area contributed by atoms with Crippen molar-refractivity contribution in [2.45, 2.75) is 100 Å². The number of ether oxygens (including phenoxy) is 1. The van der Waals surface area contributed by atoms with Gasteiger partial charge in [0.2, 0.25) is 11.8 Å². The molecule has 3 heterocycles. The molecule has 3 aliphatic rings. The van der Waals surface area contributed by atoms with Gasteiger partial charge in [0.05, 0.1) is 5.02 Å². The van der Waals surface area contributed by atoms with Crippen molar-refractivity contribution < 1.29 is 32.3 Å². The van der Waals surface area contributed by atoms with Gasteiger partial charge in [-0.3, -0.25) is 19.4 Å². The highest BCUT2D eigenvalue weighted by Gasteiger charge is 2.61. The summed E-state index contributed by atoms with van der Waals surface area (Å²) in [6, 6.07) is -0.469. The van der Waals surface area contributed by atoms with Crippen LogP contribution in [0.15, 0.2) is 35.5 Å². The highest BCUT2D eigenvalue weighted by Crippen LogP contribution is 2.46. The molecular weight excluding hydrogens is 586 g/mol. The molecule has 0 bridgehead atoms. The number of nitrogens with zero attached hydrogens (tertiary/aromatic N) is 2. The Morgan fingerprint density at radius 1 is 1.17 bits per heavy atom. The summed E-state index contributed by atoms with van der Waals surface area (Å²) in [5.41, 5.74) is -2.26. The maximum Gasteiger partial charge on any atom is 0.408 e. The van der Waals surface area contributed by atoms with Crippen LogP contribution in [-0.4, -0.2) is 71.9 Å². The van der Waals surface area contributed by atoms with Crippen molar-refractivity contribution in [2.24, 2.45) is 5.92 Å². The third kappa shape index (κ3) is 7.41. The van der Waals surface area contributed by atoms with Crippen LogP contribution < -0.4 is 15.4 Å². The average molecular weight is 624 g/mol. The molecule has 4 atom stereocenters. The van der Waals surface area contributed by atoms with Gasteiger partial charge in [0.1, 0.15) is 28.1 Å². The number of carbonyl (C=O) groups excluding carboxylic acids is 4. The van der Waals surface area contributed by atoms with Gasteiger partial charge in [0.15, 0.2) is 0 Å². The third-order valence-corrected chi connectivity index (χ3v) is 9.38. The van der Waals surface area contributed by atoms with E-state index in [9.17, 15) is 27.6 Å². The molecule has 0 spiro atoms. The molecule has 230 valence electrons. The topological polar surface area (TPSA) is 164 Å². The lowest BCUT2D eigenvalue weighted by Gasteiger charge is -2.30. The maximum absolute atomic E-state index is 13.7. The Kier molecular flexibility index (Phi) is 9.51. The van der Waals surface area contributed by atoms with Gasteiger partial charge >= 0.3 is 6.09 Å². The standard InChI is InChI=1S/C28H38ClN5O7S/c1-27(2,3)41-26(38)31-20-11-8-6-4-5-7-10-18-16-28(18,32-23(35)21-12-9-15-34(21)24(20)36)25(37)33-42(39,40)22-17-30-14-13-19(22)29/h7,10,13-14,17-18,20-21H,4-6,8-9,11-12,15-16H2,1-3H3,(H,31,38)(H,32,35)(H,33,37)/b10-7-/t18-,20+,21?,28-/m1/s1. The number of hydrogen-bond donors (Lipinski definition) is 3. The van der Waals surface area contributed by atoms with Crippen molar-refractivity contribution in [1.29, 1.82) is 0 Å². The SMILES string of the molecule is CC(C)(C)OC(=O)N[C@H]1CCCCC/C=C\[C@@H]2C[C@@]2(C(=O)NS(=O)(=O)c2cnccc2Cl)NC(=O)C2CCCN2C1=O. The van der Waals surface area contributed by atoms with Crippen LogP contribution in [0.25, 0.3) is 0 Å². The van der Waals surface area contributed by atoms with E-state index in [0.29, 0.717) is 38.6 Å². The lowest BCUT2D eigenvalue weighted by Crippen LogP contribution is -2.58. The first-order valence-corrected chi connectivity index (χ1v) is 16.0. The smallest absolute Gasteiger partial charge is 0.408 e. The van der Waals surface area contributed by atoms with E-state index in [1.54, 1.807) is 20.8 Å². The molecule has 0 aromatic carbocycles. The number of pyridine rings is 1. The molecule has 1 unspecified atom stereocenters. The zero-order chi connectivity index (χ0) is 30.7. The number of amides is 4. The van der Waals surface area contributed by atoms with Crippen LogP contribution in [0.3, 0.4) is 0 Å². The van der Waals surface area contributed by atoms with E-state index in [0.717, 1.165) is 19.0 Å². The molecule has 2 aliphatic heterocycles. The number of alkyl carbamates (subject to hydrolysis) is 1. The number of hydrogen-bond acceptors (Lipinski definition) is 8. The molecule has 0 radical (unpaired) electrons. The van der Waals surface area contributed by atoms with Crippen LogP contribution in [0.4, 0.5) is 4.79 Å². The Hall–Kier alpha value is -3.19. The number of carbonyl (C=O) groups is 4. The summed E-state index contributed by atoms with van der Waals surface area (Å²) in [7, 11) is -4.38. The molecule has 1 aromatic rings. The molecule has 14 heteroatoms. The zero-order valence-corrected chi connectivity index (χ0v) is 25.6. The van der Waals surface area contributed by atoms with E-state index in [4.69, 9.17) is 16.3 Å². The molecular formula is C28H38ClN5O7S. The highest BCUT2D eigenvalue weighted by molar-refractivity contribution is 7.90. The number of aromatic nitrogens is 1. The summed E-state index contributed by atoms with van der Waals surface area (Å²) in [4.78, 5) is 58.2. The number of halogens is 1. The van der Waals surface area contributed by atoms with Crippen LogP contribution in [-0.2, 0) is 29.1 Å². The molecule has 1 aliphatic carbocycles. The van der Waals surface area contributed by atoms with Gasteiger partial charge < -0.3 is 20.3 Å². The largest absolute Gasteiger partial charge is 0.444 e. The van der Waals surface area contributed by atoms with Gasteiger partial charge in [-0.15, -0.1) is 0 Å². The summed E-state index contributed by atoms with van der Waals surface area (Å²) in [6.45, 7) is 5.49. The number of allylic oxidation sites excluding steroid dienone is 1. The number of fused-ring (bicyclic) bond motifs is 2. The predicted octanol–water partition coefficient (Wildman–Crippen LogP) is 2.82. The van der Waals surface area contributed by atoms with Crippen LogP contribution >= 0.6 is 11.6 Å². The van der Waals surface area contributed by atoms with Gasteiger partial charge in [0.25, 0.3) is 15.9 Å². The van der Waals surface area contributed by atoms with Gasteiger partial charge in [-0.1, -0.05) is 36.6 Å². The lowest BCUT2D eigenvalue weighted by molar-refractivity contribution is -0.141. The highest BCUT2D eigenvalue weighted by atomic mass is 35.5. The molecule has 3 N–H and O–H groups in total. The lowest BCUT2D eigenvalue weighted by atomic mass is 10.0. The zero-order valence-electron chi connectivity index (χ0n) is 24.0. The Bertz CT molecular complexity index is 1360. The first kappa shape index (κ1) is 31.7. The monoisotopic (exact) mass is 623 g/mol. The molecule has 4 rings (SSSR count). The summed E-state index contributed by atoms with van der Waals surface area (Å²) in [5.74, 6) is -2.28. The van der Waals surface area contributed by atoms with Crippen molar-refractivity contribution in [1.82, 2.24) is 25.2 Å². The normalized spacial score (nSPS) is 27.8. The van der Waals surface area contributed by atoms with Gasteiger partial charge in [-0.2, -0.15) is 0 Å². The number of rotatable bonds is 4.